The van der Waals surface area contributed by atoms with E-state index >= 15 is 0 Å². The molecule has 0 radical (unpaired) electrons. The van der Waals surface area contributed by atoms with E-state index in [2.05, 4.69) is 28.9 Å². The first kappa shape index (κ1) is 21.3. The predicted molar refractivity (Wildman–Crippen MR) is 111 cm³/mol. The summed E-state index contributed by atoms with van der Waals surface area (Å²) in [5.41, 5.74) is 1.60. The van der Waals surface area contributed by atoms with Crippen LogP contribution < -0.4 is 0 Å². The van der Waals surface area contributed by atoms with Crippen LogP contribution in [0.2, 0.25) is 0 Å². The van der Waals surface area contributed by atoms with Crippen LogP contribution in [0, 0.1) is 11.8 Å². The first-order valence-electron chi connectivity index (χ1n) is 11.1. The lowest BCUT2D eigenvalue weighted by molar-refractivity contribution is 0.0313. The van der Waals surface area contributed by atoms with Crippen LogP contribution in [0.5, 0.6) is 0 Å². The molecule has 0 aromatic carbocycles. The van der Waals surface area contributed by atoms with Crippen LogP contribution in [0.1, 0.15) is 68.6 Å². The number of hydrogen-bond donors (Lipinski definition) is 1. The Morgan fingerprint density at radius 3 is 2.93 bits per heavy atom. The second-order valence-electron chi connectivity index (χ2n) is 8.96. The van der Waals surface area contributed by atoms with E-state index in [9.17, 15) is 4.79 Å². The van der Waals surface area contributed by atoms with Gasteiger partial charge in [0.15, 0.2) is 0 Å². The number of hydrogen-bond acceptors (Lipinski definition) is 4. The van der Waals surface area contributed by atoms with Gasteiger partial charge in [-0.25, -0.2) is 0 Å². The molecule has 2 atom stereocenters. The van der Waals surface area contributed by atoms with Crippen molar-refractivity contribution in [2.75, 3.05) is 39.9 Å². The van der Waals surface area contributed by atoms with Crippen molar-refractivity contribution in [1.82, 2.24) is 20.0 Å². The summed E-state index contributed by atoms with van der Waals surface area (Å²) in [4.78, 5) is 17.9. The highest BCUT2D eigenvalue weighted by atomic mass is 16.5. The Bertz CT molecular complexity index is 613. The molecule has 3 heterocycles. The van der Waals surface area contributed by atoms with Gasteiger partial charge < -0.3 is 14.5 Å². The van der Waals surface area contributed by atoms with Crippen LogP contribution in [-0.4, -0.2) is 71.8 Å². The Hall–Kier alpha value is -1.40. The zero-order chi connectivity index (χ0) is 19.9. The van der Waals surface area contributed by atoms with Gasteiger partial charge in [0.2, 0.25) is 0 Å². The number of amides is 1. The molecule has 6 nitrogen and oxygen atoms in total. The highest BCUT2D eigenvalue weighted by molar-refractivity contribution is 5.92. The Balaban J connectivity index is 1.66. The lowest BCUT2D eigenvalue weighted by atomic mass is 9.83. The molecule has 2 fully saturated rings. The molecule has 0 saturated carbocycles. The van der Waals surface area contributed by atoms with E-state index < -0.39 is 0 Å². The first-order valence-corrected chi connectivity index (χ1v) is 11.1. The van der Waals surface area contributed by atoms with Crippen LogP contribution >= 0.6 is 0 Å². The quantitative estimate of drug-likeness (QED) is 0.702. The summed E-state index contributed by atoms with van der Waals surface area (Å²) in [6.45, 7) is 8.90. The second-order valence-corrected chi connectivity index (χ2v) is 8.96. The Labute approximate surface area is 170 Å². The van der Waals surface area contributed by atoms with E-state index in [1.807, 2.05) is 11.0 Å². The van der Waals surface area contributed by atoms with Crippen molar-refractivity contribution >= 4 is 5.91 Å². The number of nitrogens with one attached hydrogen (secondary N) is 1. The molecule has 0 aliphatic carbocycles. The number of rotatable bonds is 9. The average molecular weight is 391 g/mol. The van der Waals surface area contributed by atoms with E-state index in [-0.39, 0.29) is 5.91 Å². The van der Waals surface area contributed by atoms with Gasteiger partial charge in [-0.15, -0.1) is 0 Å². The summed E-state index contributed by atoms with van der Waals surface area (Å²) < 4.78 is 5.29. The Morgan fingerprint density at radius 2 is 2.14 bits per heavy atom. The van der Waals surface area contributed by atoms with E-state index in [4.69, 9.17) is 4.74 Å². The fraction of sp³-hybridized carbons (Fsp3) is 0.818. The summed E-state index contributed by atoms with van der Waals surface area (Å²) in [5, 5.41) is 7.40. The van der Waals surface area contributed by atoms with Crippen molar-refractivity contribution in [1.29, 1.82) is 0 Å². The predicted octanol–water partition coefficient (Wildman–Crippen LogP) is 3.35. The maximum absolute atomic E-state index is 13.2. The van der Waals surface area contributed by atoms with Crippen molar-refractivity contribution in [2.45, 2.75) is 64.8 Å². The molecule has 0 unspecified atom stereocenters. The number of fused-ring (bicyclic) bond motifs is 1. The maximum Gasteiger partial charge on any atom is 0.274 e. The molecule has 158 valence electrons. The molecule has 1 N–H and O–H groups in total. The van der Waals surface area contributed by atoms with Crippen molar-refractivity contribution in [3.63, 3.8) is 0 Å². The minimum Gasteiger partial charge on any atom is -0.383 e. The number of methoxy groups -OCH3 is 1. The van der Waals surface area contributed by atoms with Crippen LogP contribution in [0.15, 0.2) is 6.07 Å². The SMILES string of the molecule is COCCN(C[C@@H]1CCCN2CCCC[C@H]12)C(=O)c1cc(CCC(C)C)[nH]n1. The first-order chi connectivity index (χ1) is 13.6. The lowest BCUT2D eigenvalue weighted by Gasteiger charge is -2.45. The van der Waals surface area contributed by atoms with Gasteiger partial charge in [0.25, 0.3) is 5.91 Å². The van der Waals surface area contributed by atoms with E-state index in [0.29, 0.717) is 36.7 Å². The topological polar surface area (TPSA) is 61.5 Å². The second kappa shape index (κ2) is 10.4. The maximum atomic E-state index is 13.2. The van der Waals surface area contributed by atoms with Crippen LogP contribution in [-0.2, 0) is 11.2 Å². The van der Waals surface area contributed by atoms with Crippen LogP contribution in [0.3, 0.4) is 0 Å². The lowest BCUT2D eigenvalue weighted by Crippen LogP contribution is -2.52. The van der Waals surface area contributed by atoms with E-state index in [1.165, 1.54) is 45.2 Å². The van der Waals surface area contributed by atoms with Crippen molar-refractivity contribution in [2.24, 2.45) is 11.8 Å². The Morgan fingerprint density at radius 1 is 1.32 bits per heavy atom. The number of aromatic nitrogens is 2. The molecule has 1 aromatic rings. The molecular formula is C22H38N4O2. The summed E-state index contributed by atoms with van der Waals surface area (Å²) in [6.07, 6.45) is 8.43. The molecule has 1 amide bonds. The van der Waals surface area contributed by atoms with Gasteiger partial charge in [0.05, 0.1) is 6.61 Å². The summed E-state index contributed by atoms with van der Waals surface area (Å²) >= 11 is 0. The average Bonchev–Trinajstić information content (AvgIpc) is 3.18. The van der Waals surface area contributed by atoms with Gasteiger partial charge >= 0.3 is 0 Å². The fourth-order valence-corrected chi connectivity index (χ4v) is 4.76. The molecular weight excluding hydrogens is 352 g/mol. The van der Waals surface area contributed by atoms with Gasteiger partial charge in [0.1, 0.15) is 5.69 Å². The number of piperidine rings is 2. The third-order valence-corrected chi connectivity index (χ3v) is 6.38. The smallest absolute Gasteiger partial charge is 0.274 e. The monoisotopic (exact) mass is 390 g/mol. The third-order valence-electron chi connectivity index (χ3n) is 6.38. The molecule has 2 saturated heterocycles. The zero-order valence-corrected chi connectivity index (χ0v) is 18.0. The number of nitrogens with zero attached hydrogens (tertiary/aromatic N) is 3. The number of ether oxygens (including phenoxy) is 1. The van der Waals surface area contributed by atoms with Gasteiger partial charge in [-0.3, -0.25) is 9.89 Å². The van der Waals surface area contributed by atoms with Crippen LogP contribution in [0.25, 0.3) is 0 Å². The van der Waals surface area contributed by atoms with Crippen molar-refractivity contribution in [3.8, 4) is 0 Å². The minimum atomic E-state index is 0.0389. The molecule has 0 bridgehead atoms. The summed E-state index contributed by atoms with van der Waals surface area (Å²) in [6, 6.07) is 2.58. The van der Waals surface area contributed by atoms with Gasteiger partial charge in [-0.05, 0) is 69.5 Å². The highest BCUT2D eigenvalue weighted by Crippen LogP contribution is 2.31. The van der Waals surface area contributed by atoms with E-state index in [0.717, 1.165) is 25.1 Å². The molecule has 2 aliphatic rings. The highest BCUT2D eigenvalue weighted by Gasteiger charge is 2.35. The van der Waals surface area contributed by atoms with Gasteiger partial charge in [-0.1, -0.05) is 20.3 Å². The van der Waals surface area contributed by atoms with E-state index in [1.54, 1.807) is 7.11 Å². The van der Waals surface area contributed by atoms with Gasteiger partial charge in [0, 0.05) is 31.9 Å². The molecule has 2 aliphatic heterocycles. The Kier molecular flexibility index (Phi) is 7.91. The summed E-state index contributed by atoms with van der Waals surface area (Å²) in [5.74, 6) is 1.25. The zero-order valence-electron chi connectivity index (χ0n) is 18.0. The largest absolute Gasteiger partial charge is 0.383 e. The van der Waals surface area contributed by atoms with Gasteiger partial charge in [-0.2, -0.15) is 5.10 Å². The number of H-pyrrole nitrogens is 1. The number of aryl methyl sites for hydroxylation is 1. The molecule has 0 spiro atoms. The fourth-order valence-electron chi connectivity index (χ4n) is 4.76. The molecule has 1 aromatic heterocycles. The molecule has 3 rings (SSSR count). The number of carbonyl (C=O) groups is 1. The number of carbonyl (C=O) groups excluding carboxylic acids is 1. The molecule has 28 heavy (non-hydrogen) atoms. The van der Waals surface area contributed by atoms with Crippen LogP contribution in [0.4, 0.5) is 0 Å². The summed E-state index contributed by atoms with van der Waals surface area (Å²) in [7, 11) is 1.70. The third kappa shape index (κ3) is 5.57. The normalized spacial score (nSPS) is 23.0. The standard InChI is InChI=1S/C22H38N4O2/c1-17(2)9-10-19-15-20(24-23-19)22(27)26(13-14-28-3)16-18-7-6-12-25-11-5-4-8-21(18)25/h15,17-18,21H,4-14,16H2,1-3H3,(H,23,24)/t18-,21+/m0/s1. The van der Waals surface area contributed by atoms with Crippen molar-refractivity contribution < 1.29 is 9.53 Å². The van der Waals surface area contributed by atoms with Crippen molar-refractivity contribution in [3.05, 3.63) is 17.5 Å². The minimum absolute atomic E-state index is 0.0389. The number of aromatic amines is 1. The molecule has 6 heteroatoms.